The summed E-state index contributed by atoms with van der Waals surface area (Å²) in [5.74, 6) is -0.638. The molecule has 0 bridgehead atoms. The van der Waals surface area contributed by atoms with Crippen molar-refractivity contribution in [3.05, 3.63) is 34.7 Å². The van der Waals surface area contributed by atoms with Gasteiger partial charge in [-0.05, 0) is 13.0 Å². The lowest BCUT2D eigenvalue weighted by molar-refractivity contribution is 0.590. The molecule has 0 radical (unpaired) electrons. The van der Waals surface area contributed by atoms with Crippen LogP contribution in [-0.2, 0) is 9.84 Å². The van der Waals surface area contributed by atoms with Gasteiger partial charge in [0.15, 0.2) is 15.7 Å². The summed E-state index contributed by atoms with van der Waals surface area (Å²) < 4.78 is 37.4. The second-order valence-electron chi connectivity index (χ2n) is 4.47. The van der Waals surface area contributed by atoms with Crippen molar-refractivity contribution in [1.29, 1.82) is 0 Å². The fourth-order valence-corrected chi connectivity index (χ4v) is 2.63. The van der Waals surface area contributed by atoms with Crippen molar-refractivity contribution in [2.45, 2.75) is 12.2 Å². The number of nitrogens with two attached hydrogens (primary N) is 1. The number of aromatic nitrogens is 2. The van der Waals surface area contributed by atoms with Crippen molar-refractivity contribution >= 4 is 27.3 Å². The second kappa shape index (κ2) is 5.06. The fourth-order valence-electron chi connectivity index (χ4n) is 1.86. The van der Waals surface area contributed by atoms with Crippen molar-refractivity contribution in [3.8, 4) is 11.1 Å². The molecule has 0 aliphatic heterocycles. The molecule has 8 heteroatoms. The lowest BCUT2D eigenvalue weighted by Gasteiger charge is -2.11. The van der Waals surface area contributed by atoms with E-state index < -0.39 is 20.9 Å². The van der Waals surface area contributed by atoms with Crippen LogP contribution in [0.15, 0.2) is 18.2 Å². The molecule has 1 aromatic heterocycles. The van der Waals surface area contributed by atoms with Gasteiger partial charge in [0.1, 0.15) is 11.1 Å². The number of anilines is 1. The molecule has 0 aliphatic rings. The number of H-pyrrole nitrogens is 1. The molecule has 20 heavy (non-hydrogen) atoms. The molecule has 0 fully saturated rings. The third-order valence-corrected chi connectivity index (χ3v) is 4.90. The summed E-state index contributed by atoms with van der Waals surface area (Å²) in [6.45, 7) is 1.48. The molecule has 1 heterocycles. The van der Waals surface area contributed by atoms with Gasteiger partial charge in [0.25, 0.3) is 0 Å². The van der Waals surface area contributed by atoms with Crippen LogP contribution in [0.2, 0.25) is 5.02 Å². The normalized spacial score (nSPS) is 13.4. The zero-order chi connectivity index (χ0) is 15.1. The highest BCUT2D eigenvalue weighted by Gasteiger charge is 2.26. The van der Waals surface area contributed by atoms with Crippen LogP contribution in [-0.4, -0.2) is 24.9 Å². The SMILES string of the molecule is CC(c1[nH]nc(N)c1-c1cccc(Cl)c1F)S(C)(=O)=O. The number of rotatable bonds is 3. The summed E-state index contributed by atoms with van der Waals surface area (Å²) in [5, 5.41) is 5.38. The van der Waals surface area contributed by atoms with E-state index in [1.54, 1.807) is 6.07 Å². The molecule has 3 N–H and O–H groups in total. The molecule has 0 saturated carbocycles. The van der Waals surface area contributed by atoms with E-state index >= 15 is 0 Å². The van der Waals surface area contributed by atoms with Gasteiger partial charge in [-0.3, -0.25) is 5.10 Å². The molecule has 0 spiro atoms. The summed E-state index contributed by atoms with van der Waals surface area (Å²) >= 11 is 5.74. The minimum atomic E-state index is -3.38. The summed E-state index contributed by atoms with van der Waals surface area (Å²) in [6.07, 6.45) is 1.09. The van der Waals surface area contributed by atoms with Gasteiger partial charge in [0.2, 0.25) is 0 Å². The van der Waals surface area contributed by atoms with Crippen LogP contribution in [0.3, 0.4) is 0 Å². The maximum atomic E-state index is 14.1. The van der Waals surface area contributed by atoms with E-state index in [-0.39, 0.29) is 27.7 Å². The molecule has 2 rings (SSSR count). The molecule has 1 unspecified atom stereocenters. The Morgan fingerprint density at radius 3 is 2.70 bits per heavy atom. The number of nitrogens with one attached hydrogen (secondary N) is 1. The maximum Gasteiger partial charge on any atom is 0.155 e. The first-order valence-electron chi connectivity index (χ1n) is 5.70. The van der Waals surface area contributed by atoms with E-state index in [2.05, 4.69) is 10.2 Å². The fraction of sp³-hybridized carbons (Fsp3) is 0.250. The minimum Gasteiger partial charge on any atom is -0.382 e. The lowest BCUT2D eigenvalue weighted by atomic mass is 10.0. The molecule has 0 amide bonds. The number of nitrogens with zero attached hydrogens (tertiary/aromatic N) is 1. The average Bonchev–Trinajstić information content (AvgIpc) is 2.72. The molecule has 1 atom stereocenters. The van der Waals surface area contributed by atoms with Gasteiger partial charge < -0.3 is 5.73 Å². The van der Waals surface area contributed by atoms with Crippen molar-refractivity contribution < 1.29 is 12.8 Å². The van der Waals surface area contributed by atoms with Gasteiger partial charge in [-0.1, -0.05) is 23.7 Å². The smallest absolute Gasteiger partial charge is 0.155 e. The summed E-state index contributed by atoms with van der Waals surface area (Å²) in [5.41, 5.74) is 6.31. The van der Waals surface area contributed by atoms with E-state index in [1.807, 2.05) is 0 Å². The predicted molar refractivity (Wildman–Crippen MR) is 76.7 cm³/mol. The van der Waals surface area contributed by atoms with Gasteiger partial charge >= 0.3 is 0 Å². The summed E-state index contributed by atoms with van der Waals surface area (Å²) in [4.78, 5) is 0. The largest absolute Gasteiger partial charge is 0.382 e. The Hall–Kier alpha value is -1.60. The first-order valence-corrected chi connectivity index (χ1v) is 8.03. The third-order valence-electron chi connectivity index (χ3n) is 3.09. The van der Waals surface area contributed by atoms with Crippen molar-refractivity contribution in [3.63, 3.8) is 0 Å². The Morgan fingerprint density at radius 2 is 2.10 bits per heavy atom. The molecular formula is C12H13ClFN3O2S. The van der Waals surface area contributed by atoms with Gasteiger partial charge in [-0.15, -0.1) is 0 Å². The Bertz CT molecular complexity index is 758. The van der Waals surface area contributed by atoms with Crippen LogP contribution in [0, 0.1) is 5.82 Å². The number of benzene rings is 1. The number of hydrogen-bond donors (Lipinski definition) is 2. The lowest BCUT2D eigenvalue weighted by Crippen LogP contribution is -2.09. The van der Waals surface area contributed by atoms with E-state index in [0.29, 0.717) is 0 Å². The van der Waals surface area contributed by atoms with Gasteiger partial charge in [-0.2, -0.15) is 5.10 Å². The van der Waals surface area contributed by atoms with E-state index in [0.717, 1.165) is 6.26 Å². The highest BCUT2D eigenvalue weighted by Crippen LogP contribution is 2.37. The molecule has 2 aromatic rings. The van der Waals surface area contributed by atoms with Crippen molar-refractivity contribution in [1.82, 2.24) is 10.2 Å². The molecule has 108 valence electrons. The van der Waals surface area contributed by atoms with E-state index in [4.69, 9.17) is 17.3 Å². The summed E-state index contributed by atoms with van der Waals surface area (Å²) in [6, 6.07) is 4.43. The first kappa shape index (κ1) is 14.8. The number of halogens is 2. The predicted octanol–water partition coefficient (Wildman–Crippen LogP) is 2.56. The van der Waals surface area contributed by atoms with Crippen LogP contribution in [0.1, 0.15) is 17.9 Å². The zero-order valence-electron chi connectivity index (χ0n) is 10.8. The number of nitrogen functional groups attached to an aromatic ring is 1. The van der Waals surface area contributed by atoms with Gasteiger partial charge in [-0.25, -0.2) is 12.8 Å². The first-order chi connectivity index (χ1) is 9.23. The number of hydrogen-bond acceptors (Lipinski definition) is 4. The standard InChI is InChI=1S/C12H13ClFN3O2S/c1-6(20(2,18)19)11-9(12(15)17-16-11)7-4-3-5-8(13)10(7)14/h3-6H,1-2H3,(H3,15,16,17). The number of sulfone groups is 1. The minimum absolute atomic E-state index is 0.0247. The highest BCUT2D eigenvalue weighted by molar-refractivity contribution is 7.90. The van der Waals surface area contributed by atoms with Crippen molar-refractivity contribution in [2.75, 3.05) is 12.0 Å². The van der Waals surface area contributed by atoms with Crippen LogP contribution in [0.4, 0.5) is 10.2 Å². The second-order valence-corrected chi connectivity index (χ2v) is 7.24. The quantitative estimate of drug-likeness (QED) is 0.910. The zero-order valence-corrected chi connectivity index (χ0v) is 12.4. The Labute approximate surface area is 120 Å². The van der Waals surface area contributed by atoms with E-state index in [1.165, 1.54) is 19.1 Å². The van der Waals surface area contributed by atoms with Crippen LogP contribution in [0.25, 0.3) is 11.1 Å². The summed E-state index contributed by atoms with van der Waals surface area (Å²) in [7, 11) is -3.38. The van der Waals surface area contributed by atoms with Crippen LogP contribution < -0.4 is 5.73 Å². The Morgan fingerprint density at radius 1 is 1.45 bits per heavy atom. The van der Waals surface area contributed by atoms with E-state index in [9.17, 15) is 12.8 Å². The Balaban J connectivity index is 2.70. The van der Waals surface area contributed by atoms with Gasteiger partial charge in [0, 0.05) is 11.8 Å². The average molecular weight is 318 g/mol. The maximum absolute atomic E-state index is 14.1. The van der Waals surface area contributed by atoms with Crippen LogP contribution in [0.5, 0.6) is 0 Å². The third kappa shape index (κ3) is 2.51. The highest BCUT2D eigenvalue weighted by atomic mass is 35.5. The number of aromatic amines is 1. The topological polar surface area (TPSA) is 88.8 Å². The molecule has 0 saturated heterocycles. The molecule has 1 aromatic carbocycles. The monoisotopic (exact) mass is 317 g/mol. The van der Waals surface area contributed by atoms with Crippen molar-refractivity contribution in [2.24, 2.45) is 0 Å². The molecule has 5 nitrogen and oxygen atoms in total. The Kier molecular flexibility index (Phi) is 3.75. The molecular weight excluding hydrogens is 305 g/mol. The van der Waals surface area contributed by atoms with Crippen LogP contribution >= 0.6 is 11.6 Å². The molecule has 0 aliphatic carbocycles. The van der Waals surface area contributed by atoms with Gasteiger partial charge in [0.05, 0.1) is 16.3 Å².